The van der Waals surface area contributed by atoms with E-state index in [9.17, 15) is 8.96 Å². The summed E-state index contributed by atoms with van der Waals surface area (Å²) in [5, 5.41) is 7.26. The van der Waals surface area contributed by atoms with Crippen LogP contribution in [-0.2, 0) is 22.1 Å². The van der Waals surface area contributed by atoms with E-state index in [1.807, 2.05) is 24.3 Å². The third-order valence-corrected chi connectivity index (χ3v) is 5.53. The molecule has 0 amide bonds. The van der Waals surface area contributed by atoms with Crippen LogP contribution in [0.1, 0.15) is 22.6 Å². The molecule has 34 heavy (non-hydrogen) atoms. The Morgan fingerprint density at radius 3 is 2.71 bits per heavy atom. The Labute approximate surface area is 194 Å². The minimum Gasteiger partial charge on any atom is -0.381 e. The monoisotopic (exact) mass is 487 g/mol. The topological polar surface area (TPSA) is 147 Å². The third-order valence-electron chi connectivity index (χ3n) is 5.08. The van der Waals surface area contributed by atoms with Gasteiger partial charge in [0.1, 0.15) is 12.9 Å². The third kappa shape index (κ3) is 6.37. The number of hydrogen-bond donors (Lipinski definition) is 4. The fourth-order valence-electron chi connectivity index (χ4n) is 3.35. The average molecular weight is 487 g/mol. The predicted octanol–water partition coefficient (Wildman–Crippen LogP) is 2.98. The van der Waals surface area contributed by atoms with E-state index in [0.717, 1.165) is 11.1 Å². The molecule has 0 saturated heterocycles. The summed E-state index contributed by atoms with van der Waals surface area (Å²) in [6.07, 6.45) is 6.22. The first kappa shape index (κ1) is 23.8. The van der Waals surface area contributed by atoms with E-state index in [1.54, 1.807) is 30.5 Å². The van der Waals surface area contributed by atoms with Crippen molar-refractivity contribution in [1.29, 1.82) is 0 Å². The molecular weight excluding hydrogens is 464 g/mol. The smallest absolute Gasteiger partial charge is 0.381 e. The number of phosphoric ester groups is 1. The van der Waals surface area contributed by atoms with Gasteiger partial charge in [-0.1, -0.05) is 35.5 Å². The summed E-state index contributed by atoms with van der Waals surface area (Å²) in [6, 6.07) is 12.7. The summed E-state index contributed by atoms with van der Waals surface area (Å²) in [5.41, 5.74) is 10.2. The zero-order chi connectivity index (χ0) is 24.1. The van der Waals surface area contributed by atoms with Crippen LogP contribution in [0.15, 0.2) is 71.5 Å². The quantitative estimate of drug-likeness (QED) is 0.262. The van der Waals surface area contributed by atoms with Gasteiger partial charge < -0.3 is 30.3 Å². The number of aromatic nitrogens is 2. The van der Waals surface area contributed by atoms with Gasteiger partial charge in [0.25, 0.3) is 0 Å². The molecule has 3 heterocycles. The number of nitrogens with two attached hydrogens (primary N) is 1. The highest BCUT2D eigenvalue weighted by atomic mass is 31.2. The van der Waals surface area contributed by atoms with Crippen LogP contribution in [0.2, 0.25) is 0 Å². The SMILES string of the molecule is NC1C(c2cc(Cc3ccc(CNc4ccnc(F)c4)cc3)no2)=CC=CN1COP(=O)(O)O. The normalized spacial score (nSPS) is 15.9. The Bertz CT molecular complexity index is 1240. The molecule has 178 valence electrons. The number of anilines is 1. The largest absolute Gasteiger partial charge is 0.471 e. The Hall–Kier alpha value is -3.34. The second-order valence-corrected chi connectivity index (χ2v) is 8.81. The van der Waals surface area contributed by atoms with E-state index in [0.29, 0.717) is 35.7 Å². The maximum Gasteiger partial charge on any atom is 0.471 e. The van der Waals surface area contributed by atoms with Crippen LogP contribution in [0.3, 0.4) is 0 Å². The average Bonchev–Trinajstić information content (AvgIpc) is 3.25. The van der Waals surface area contributed by atoms with Crippen LogP contribution in [0.5, 0.6) is 0 Å². The van der Waals surface area contributed by atoms with E-state index in [2.05, 4.69) is 20.0 Å². The molecule has 0 bridgehead atoms. The second-order valence-electron chi connectivity index (χ2n) is 7.57. The van der Waals surface area contributed by atoms with Crippen molar-refractivity contribution >= 4 is 19.1 Å². The lowest BCUT2D eigenvalue weighted by Crippen LogP contribution is -2.41. The fourth-order valence-corrected chi connectivity index (χ4v) is 3.64. The molecule has 0 fully saturated rings. The zero-order valence-corrected chi connectivity index (χ0v) is 18.8. The van der Waals surface area contributed by atoms with Crippen molar-refractivity contribution in [2.75, 3.05) is 12.0 Å². The van der Waals surface area contributed by atoms with E-state index in [1.165, 1.54) is 17.2 Å². The van der Waals surface area contributed by atoms with Gasteiger partial charge in [-0.15, -0.1) is 0 Å². The Morgan fingerprint density at radius 1 is 1.21 bits per heavy atom. The molecule has 1 aliphatic rings. The van der Waals surface area contributed by atoms with Crippen LogP contribution in [0, 0.1) is 5.95 Å². The standard InChI is InChI=1S/C22H23FN5O5P/c23-21-12-17(7-8-25-21)26-13-16-5-3-15(4-6-16)10-18-11-20(33-27-18)19-2-1-9-28(22(19)24)14-32-34(29,30)31/h1-9,11-12,22H,10,13-14,24H2,(H,25,26)(H2,29,30,31). The summed E-state index contributed by atoms with van der Waals surface area (Å²) in [4.78, 5) is 22.8. The molecule has 1 aliphatic heterocycles. The van der Waals surface area contributed by atoms with Crippen LogP contribution in [-0.4, -0.2) is 37.7 Å². The van der Waals surface area contributed by atoms with E-state index < -0.39 is 19.9 Å². The van der Waals surface area contributed by atoms with Crippen molar-refractivity contribution in [3.63, 3.8) is 0 Å². The van der Waals surface area contributed by atoms with Gasteiger partial charge >= 0.3 is 7.82 Å². The van der Waals surface area contributed by atoms with Crippen molar-refractivity contribution in [3.05, 3.63) is 95.5 Å². The highest BCUT2D eigenvalue weighted by Gasteiger charge is 2.25. The molecule has 0 spiro atoms. The van der Waals surface area contributed by atoms with Gasteiger partial charge in [0.2, 0.25) is 5.95 Å². The number of nitrogens with one attached hydrogen (secondary N) is 1. The van der Waals surface area contributed by atoms with Gasteiger partial charge in [0.15, 0.2) is 5.76 Å². The lowest BCUT2D eigenvalue weighted by Gasteiger charge is -2.30. The van der Waals surface area contributed by atoms with Crippen molar-refractivity contribution in [2.24, 2.45) is 5.73 Å². The highest BCUT2D eigenvalue weighted by molar-refractivity contribution is 7.46. The number of halogens is 1. The van der Waals surface area contributed by atoms with Crippen LogP contribution < -0.4 is 11.1 Å². The fraction of sp³-hybridized carbons (Fsp3) is 0.182. The number of rotatable bonds is 9. The minimum atomic E-state index is -4.62. The van der Waals surface area contributed by atoms with Crippen LogP contribution in [0.25, 0.3) is 5.57 Å². The van der Waals surface area contributed by atoms with Gasteiger partial charge in [0, 0.05) is 48.8 Å². The van der Waals surface area contributed by atoms with Crippen molar-refractivity contribution in [2.45, 2.75) is 19.1 Å². The van der Waals surface area contributed by atoms with Crippen molar-refractivity contribution < 1.29 is 27.8 Å². The summed E-state index contributed by atoms with van der Waals surface area (Å²) >= 11 is 0. The van der Waals surface area contributed by atoms with Crippen LogP contribution >= 0.6 is 7.82 Å². The van der Waals surface area contributed by atoms with Crippen molar-refractivity contribution in [3.8, 4) is 0 Å². The summed E-state index contributed by atoms with van der Waals surface area (Å²) in [7, 11) is -4.62. The second kappa shape index (κ2) is 10.3. The molecular formula is C22H23FN5O5P. The Kier molecular flexibility index (Phi) is 7.20. The maximum atomic E-state index is 13.2. The number of pyridine rings is 1. The summed E-state index contributed by atoms with van der Waals surface area (Å²) in [5.74, 6) is -0.0751. The molecule has 0 radical (unpaired) electrons. The lowest BCUT2D eigenvalue weighted by atomic mass is 10.0. The number of hydrogen-bond acceptors (Lipinski definition) is 8. The first-order valence-corrected chi connectivity index (χ1v) is 11.8. The molecule has 2 aromatic heterocycles. The predicted molar refractivity (Wildman–Crippen MR) is 122 cm³/mol. The Balaban J connectivity index is 1.35. The van der Waals surface area contributed by atoms with Gasteiger partial charge in [-0.2, -0.15) is 4.39 Å². The summed E-state index contributed by atoms with van der Waals surface area (Å²) < 4.78 is 34.1. The van der Waals surface area contributed by atoms with Gasteiger partial charge in [-0.3, -0.25) is 4.52 Å². The molecule has 4 rings (SSSR count). The van der Waals surface area contributed by atoms with E-state index in [-0.39, 0.29) is 6.73 Å². The highest BCUT2D eigenvalue weighted by Crippen LogP contribution is 2.36. The zero-order valence-electron chi connectivity index (χ0n) is 17.9. The molecule has 1 aromatic carbocycles. The molecule has 5 N–H and O–H groups in total. The number of benzene rings is 1. The maximum absolute atomic E-state index is 13.2. The first-order chi connectivity index (χ1) is 16.3. The minimum absolute atomic E-state index is 0.377. The lowest BCUT2D eigenvalue weighted by molar-refractivity contribution is 0.110. The van der Waals surface area contributed by atoms with Gasteiger partial charge in [-0.05, 0) is 23.3 Å². The molecule has 1 atom stereocenters. The van der Waals surface area contributed by atoms with Gasteiger partial charge in [-0.25, -0.2) is 9.55 Å². The number of allylic oxidation sites excluding steroid dienone is 2. The molecule has 0 aliphatic carbocycles. The molecule has 12 heteroatoms. The van der Waals surface area contributed by atoms with E-state index >= 15 is 0 Å². The Morgan fingerprint density at radius 2 is 1.97 bits per heavy atom. The summed E-state index contributed by atoms with van der Waals surface area (Å²) in [6.45, 7) is 0.164. The molecule has 0 saturated carbocycles. The van der Waals surface area contributed by atoms with Gasteiger partial charge in [0.05, 0.1) is 5.69 Å². The van der Waals surface area contributed by atoms with Crippen molar-refractivity contribution in [1.82, 2.24) is 15.0 Å². The van der Waals surface area contributed by atoms with Crippen LogP contribution in [0.4, 0.5) is 10.1 Å². The first-order valence-electron chi connectivity index (χ1n) is 10.3. The number of nitrogens with zero attached hydrogens (tertiary/aromatic N) is 3. The molecule has 10 nitrogen and oxygen atoms in total. The molecule has 1 unspecified atom stereocenters. The molecule has 3 aromatic rings. The van der Waals surface area contributed by atoms with E-state index in [4.69, 9.17) is 20.0 Å². The number of phosphoric acid groups is 1.